The Morgan fingerprint density at radius 3 is 2.75 bits per heavy atom. The maximum atomic E-state index is 13.8. The molecule has 0 aliphatic carbocycles. The molecule has 0 saturated carbocycles. The highest BCUT2D eigenvalue weighted by Crippen LogP contribution is 2.33. The Balaban J connectivity index is 2.61. The second kappa shape index (κ2) is 3.79. The molecular weight excluding hydrogens is 277 g/mol. The van der Waals surface area contributed by atoms with Gasteiger partial charge in [-0.2, -0.15) is 5.10 Å². The minimum atomic E-state index is -0.557. The smallest absolute Gasteiger partial charge is 0.150 e. The second-order valence-electron chi connectivity index (χ2n) is 3.34. The minimum Gasteiger partial charge on any atom is -0.507 e. The summed E-state index contributed by atoms with van der Waals surface area (Å²) >= 11 is 2.96. The van der Waals surface area contributed by atoms with Crippen molar-refractivity contribution in [3.05, 3.63) is 28.5 Å². The molecule has 0 amide bonds. The molecule has 0 saturated heterocycles. The molecule has 0 aliphatic heterocycles. The first-order chi connectivity index (χ1) is 7.50. The Hall–Kier alpha value is -1.56. The molecule has 0 atom stereocenters. The Bertz CT molecular complexity index is 534. The van der Waals surface area contributed by atoms with Gasteiger partial charge in [-0.15, -0.1) is 0 Å². The predicted octanol–water partition coefficient (Wildman–Crippen LogP) is 2.28. The number of aromatic hydroxyl groups is 1. The highest BCUT2D eigenvalue weighted by molar-refractivity contribution is 9.10. The molecule has 0 aliphatic rings. The van der Waals surface area contributed by atoms with Crippen molar-refractivity contribution in [3.8, 4) is 17.0 Å². The number of aryl methyl sites for hydroxylation is 1. The summed E-state index contributed by atoms with van der Waals surface area (Å²) in [5.41, 5.74) is 6.33. The van der Waals surface area contributed by atoms with Crippen molar-refractivity contribution in [1.82, 2.24) is 9.78 Å². The van der Waals surface area contributed by atoms with Crippen LogP contribution in [0.15, 0.2) is 22.7 Å². The van der Waals surface area contributed by atoms with Crippen LogP contribution in [0.5, 0.6) is 5.75 Å². The Morgan fingerprint density at radius 1 is 1.50 bits per heavy atom. The van der Waals surface area contributed by atoms with Gasteiger partial charge in [-0.25, -0.2) is 4.39 Å². The summed E-state index contributed by atoms with van der Waals surface area (Å²) in [5, 5.41) is 13.4. The molecular formula is C10H9BrFN3O. The zero-order valence-electron chi connectivity index (χ0n) is 8.41. The molecule has 0 radical (unpaired) electrons. The average Bonchev–Trinajstić information content (AvgIpc) is 2.56. The summed E-state index contributed by atoms with van der Waals surface area (Å²) < 4.78 is 15.3. The molecule has 0 unspecified atom stereocenters. The third-order valence-electron chi connectivity index (χ3n) is 2.25. The highest BCUT2D eigenvalue weighted by Gasteiger charge is 2.14. The van der Waals surface area contributed by atoms with Gasteiger partial charge in [-0.05, 0) is 28.1 Å². The van der Waals surface area contributed by atoms with Gasteiger partial charge < -0.3 is 10.8 Å². The van der Waals surface area contributed by atoms with Crippen LogP contribution in [0.4, 0.5) is 10.2 Å². The summed E-state index contributed by atoms with van der Waals surface area (Å²) in [6.45, 7) is 0. The first-order valence-corrected chi connectivity index (χ1v) is 5.27. The molecule has 1 aromatic heterocycles. The normalized spacial score (nSPS) is 10.7. The molecule has 6 heteroatoms. The molecule has 1 heterocycles. The van der Waals surface area contributed by atoms with Crippen LogP contribution >= 0.6 is 15.9 Å². The Morgan fingerprint density at radius 2 is 2.19 bits per heavy atom. The molecule has 2 aromatic rings. The molecule has 0 bridgehead atoms. The number of anilines is 1. The predicted molar refractivity (Wildman–Crippen MR) is 62.4 cm³/mol. The lowest BCUT2D eigenvalue weighted by molar-refractivity contribution is 0.464. The number of hydrogen-bond acceptors (Lipinski definition) is 3. The number of nitrogen functional groups attached to an aromatic ring is 1. The zero-order valence-corrected chi connectivity index (χ0v) is 9.99. The molecule has 0 fully saturated rings. The van der Waals surface area contributed by atoms with Crippen molar-refractivity contribution in [2.75, 3.05) is 5.73 Å². The lowest BCUT2D eigenvalue weighted by atomic mass is 10.1. The first kappa shape index (κ1) is 10.9. The van der Waals surface area contributed by atoms with Gasteiger partial charge in [-0.1, -0.05) is 0 Å². The highest BCUT2D eigenvalue weighted by atomic mass is 79.9. The van der Waals surface area contributed by atoms with Crippen molar-refractivity contribution in [1.29, 1.82) is 0 Å². The van der Waals surface area contributed by atoms with E-state index in [-0.39, 0.29) is 15.8 Å². The van der Waals surface area contributed by atoms with Gasteiger partial charge >= 0.3 is 0 Å². The number of nitrogens with zero attached hydrogens (tertiary/aromatic N) is 2. The van der Waals surface area contributed by atoms with E-state index in [4.69, 9.17) is 5.73 Å². The van der Waals surface area contributed by atoms with Crippen molar-refractivity contribution in [2.24, 2.45) is 7.05 Å². The lowest BCUT2D eigenvalue weighted by Crippen LogP contribution is -1.96. The van der Waals surface area contributed by atoms with E-state index in [1.165, 1.54) is 16.8 Å². The molecule has 2 rings (SSSR count). The maximum Gasteiger partial charge on any atom is 0.150 e. The fourth-order valence-corrected chi connectivity index (χ4v) is 1.70. The third-order valence-corrected chi connectivity index (χ3v) is 3.01. The van der Waals surface area contributed by atoms with Crippen LogP contribution in [0, 0.1) is 5.82 Å². The average molecular weight is 286 g/mol. The van der Waals surface area contributed by atoms with E-state index in [9.17, 15) is 9.50 Å². The van der Waals surface area contributed by atoms with Gasteiger partial charge in [0.1, 0.15) is 11.6 Å². The van der Waals surface area contributed by atoms with Gasteiger partial charge in [0.05, 0.1) is 10.2 Å². The SMILES string of the molecule is Cn1nc(-c2ccc(O)c(Br)c2F)cc1N. The number of aromatic nitrogens is 2. The standard InChI is InChI=1S/C10H9BrFN3O/c1-15-8(13)4-6(14-15)5-2-3-7(16)9(11)10(5)12/h2-4,16H,13H2,1H3. The molecule has 1 aromatic carbocycles. The van der Waals surface area contributed by atoms with Crippen molar-refractivity contribution >= 4 is 21.7 Å². The molecule has 84 valence electrons. The van der Waals surface area contributed by atoms with Crippen molar-refractivity contribution in [2.45, 2.75) is 0 Å². The van der Waals surface area contributed by atoms with Crippen LogP contribution in [-0.4, -0.2) is 14.9 Å². The van der Waals surface area contributed by atoms with E-state index in [0.29, 0.717) is 11.5 Å². The number of rotatable bonds is 1. The van der Waals surface area contributed by atoms with Crippen molar-refractivity contribution < 1.29 is 9.50 Å². The Labute approximate surface area is 99.6 Å². The summed E-state index contributed by atoms with van der Waals surface area (Å²) in [6, 6.07) is 4.42. The van der Waals surface area contributed by atoms with E-state index in [1.807, 2.05) is 0 Å². The van der Waals surface area contributed by atoms with Crippen LogP contribution in [0.2, 0.25) is 0 Å². The summed E-state index contributed by atoms with van der Waals surface area (Å²) in [7, 11) is 1.67. The molecule has 16 heavy (non-hydrogen) atoms. The van der Waals surface area contributed by atoms with Gasteiger partial charge in [0, 0.05) is 18.7 Å². The first-order valence-electron chi connectivity index (χ1n) is 4.47. The summed E-state index contributed by atoms with van der Waals surface area (Å²) in [5.74, 6) is -0.262. The van der Waals surface area contributed by atoms with E-state index in [0.717, 1.165) is 0 Å². The molecule has 4 nitrogen and oxygen atoms in total. The topological polar surface area (TPSA) is 64.1 Å². The number of halogens is 2. The monoisotopic (exact) mass is 285 g/mol. The number of hydrogen-bond donors (Lipinski definition) is 2. The lowest BCUT2D eigenvalue weighted by Gasteiger charge is -2.03. The second-order valence-corrected chi connectivity index (χ2v) is 4.13. The van der Waals surface area contributed by atoms with E-state index < -0.39 is 5.82 Å². The maximum absolute atomic E-state index is 13.8. The van der Waals surface area contributed by atoms with Crippen LogP contribution < -0.4 is 5.73 Å². The third kappa shape index (κ3) is 1.65. The summed E-state index contributed by atoms with van der Waals surface area (Å²) in [4.78, 5) is 0. The van der Waals surface area contributed by atoms with E-state index in [2.05, 4.69) is 21.0 Å². The molecule has 0 spiro atoms. The number of nitrogens with two attached hydrogens (primary N) is 1. The quantitative estimate of drug-likeness (QED) is 0.845. The van der Waals surface area contributed by atoms with Gasteiger partial charge in [0.2, 0.25) is 0 Å². The van der Waals surface area contributed by atoms with E-state index in [1.54, 1.807) is 13.1 Å². The van der Waals surface area contributed by atoms with Crippen LogP contribution in [-0.2, 0) is 7.05 Å². The van der Waals surface area contributed by atoms with Crippen molar-refractivity contribution in [3.63, 3.8) is 0 Å². The number of phenols is 1. The summed E-state index contributed by atoms with van der Waals surface area (Å²) in [6.07, 6.45) is 0. The largest absolute Gasteiger partial charge is 0.507 e. The van der Waals surface area contributed by atoms with Crippen LogP contribution in [0.25, 0.3) is 11.3 Å². The minimum absolute atomic E-state index is 0.0224. The van der Waals surface area contributed by atoms with Gasteiger partial charge in [0.15, 0.2) is 5.82 Å². The zero-order chi connectivity index (χ0) is 11.9. The van der Waals surface area contributed by atoms with E-state index >= 15 is 0 Å². The number of phenolic OH excluding ortho intramolecular Hbond substituents is 1. The van der Waals surface area contributed by atoms with Crippen LogP contribution in [0.3, 0.4) is 0 Å². The van der Waals surface area contributed by atoms with Gasteiger partial charge in [0.25, 0.3) is 0 Å². The number of benzene rings is 1. The molecule has 3 N–H and O–H groups in total. The Kier molecular flexibility index (Phi) is 2.59. The fraction of sp³-hybridized carbons (Fsp3) is 0.100. The fourth-order valence-electron chi connectivity index (χ4n) is 1.35. The van der Waals surface area contributed by atoms with Gasteiger partial charge in [-0.3, -0.25) is 4.68 Å². The van der Waals surface area contributed by atoms with Crippen LogP contribution in [0.1, 0.15) is 0 Å².